The molecule has 0 saturated carbocycles. The number of halogens is 2. The van der Waals surface area contributed by atoms with Gasteiger partial charge in [0.15, 0.2) is 17.7 Å². The predicted octanol–water partition coefficient (Wildman–Crippen LogP) is 0.961. The number of aliphatic carboxylic acids is 1. The van der Waals surface area contributed by atoms with E-state index < -0.39 is 23.7 Å². The number of carboxylic acids is 1. The molecule has 1 aromatic carbocycles. The van der Waals surface area contributed by atoms with Crippen LogP contribution in [0.5, 0.6) is 5.75 Å². The predicted molar refractivity (Wildman–Crippen MR) is 77.1 cm³/mol. The van der Waals surface area contributed by atoms with Gasteiger partial charge < -0.3 is 14.7 Å². The number of carbonyl (C=O) groups is 2. The first-order valence-electron chi connectivity index (χ1n) is 7.22. The van der Waals surface area contributed by atoms with E-state index in [1.54, 1.807) is 4.90 Å². The summed E-state index contributed by atoms with van der Waals surface area (Å²) in [7, 11) is 0. The van der Waals surface area contributed by atoms with Crippen LogP contribution in [0.25, 0.3) is 0 Å². The van der Waals surface area contributed by atoms with Gasteiger partial charge in [-0.2, -0.15) is 4.39 Å². The Bertz CT molecular complexity index is 589. The number of benzene rings is 1. The van der Waals surface area contributed by atoms with Crippen molar-refractivity contribution in [1.29, 1.82) is 0 Å². The minimum atomic E-state index is -1.13. The Kier molecular flexibility index (Phi) is 5.49. The molecule has 0 bridgehead atoms. The van der Waals surface area contributed by atoms with E-state index in [-0.39, 0.29) is 18.2 Å². The normalized spacial score (nSPS) is 16.9. The first kappa shape index (κ1) is 17.1. The largest absolute Gasteiger partial charge is 0.480 e. The molecular formula is C15H18F2N2O4. The van der Waals surface area contributed by atoms with E-state index in [2.05, 4.69) is 0 Å². The Morgan fingerprint density at radius 1 is 1.26 bits per heavy atom. The molecule has 1 saturated heterocycles. The Morgan fingerprint density at radius 3 is 2.52 bits per heavy atom. The molecule has 1 amide bonds. The van der Waals surface area contributed by atoms with Gasteiger partial charge in [-0.3, -0.25) is 14.5 Å². The highest BCUT2D eigenvalue weighted by Crippen LogP contribution is 2.21. The molecule has 0 spiro atoms. The fourth-order valence-electron chi connectivity index (χ4n) is 2.39. The summed E-state index contributed by atoms with van der Waals surface area (Å²) in [4.78, 5) is 26.2. The van der Waals surface area contributed by atoms with Gasteiger partial charge >= 0.3 is 5.97 Å². The zero-order valence-corrected chi connectivity index (χ0v) is 12.7. The molecule has 0 radical (unpaired) electrons. The highest BCUT2D eigenvalue weighted by molar-refractivity contribution is 5.81. The molecule has 0 aromatic heterocycles. The summed E-state index contributed by atoms with van der Waals surface area (Å²) in [5.74, 6) is -3.73. The number of nitrogens with zero attached hydrogens (tertiary/aromatic N) is 2. The van der Waals surface area contributed by atoms with Gasteiger partial charge in [-0.1, -0.05) is 6.07 Å². The average molecular weight is 328 g/mol. The number of ether oxygens (including phenoxy) is 1. The molecule has 126 valence electrons. The number of piperazine rings is 1. The Morgan fingerprint density at radius 2 is 1.91 bits per heavy atom. The number of rotatable bonds is 5. The first-order valence-corrected chi connectivity index (χ1v) is 7.22. The second-order valence-electron chi connectivity index (χ2n) is 5.31. The van der Waals surface area contributed by atoms with Gasteiger partial charge in [-0.15, -0.1) is 0 Å². The maximum atomic E-state index is 13.6. The molecule has 1 aliphatic rings. The molecule has 8 heteroatoms. The fraction of sp³-hybridized carbons (Fsp3) is 0.467. The quantitative estimate of drug-likeness (QED) is 0.872. The minimum Gasteiger partial charge on any atom is -0.480 e. The van der Waals surface area contributed by atoms with E-state index in [1.807, 2.05) is 0 Å². The molecule has 1 aromatic rings. The number of hydrogen-bond donors (Lipinski definition) is 1. The van der Waals surface area contributed by atoms with Gasteiger partial charge in [-0.25, -0.2) is 4.39 Å². The highest BCUT2D eigenvalue weighted by Gasteiger charge is 2.27. The average Bonchev–Trinajstić information content (AvgIpc) is 2.51. The molecule has 1 heterocycles. The lowest BCUT2D eigenvalue weighted by atomic mass is 10.2. The van der Waals surface area contributed by atoms with Crippen LogP contribution in [0.1, 0.15) is 6.92 Å². The monoisotopic (exact) mass is 328 g/mol. The molecule has 1 aliphatic heterocycles. The third kappa shape index (κ3) is 4.38. The van der Waals surface area contributed by atoms with Crippen molar-refractivity contribution in [3.63, 3.8) is 0 Å². The van der Waals surface area contributed by atoms with E-state index in [1.165, 1.54) is 24.0 Å². The third-order valence-electron chi connectivity index (χ3n) is 3.61. The van der Waals surface area contributed by atoms with Crippen LogP contribution < -0.4 is 4.74 Å². The van der Waals surface area contributed by atoms with Crippen LogP contribution in [0.3, 0.4) is 0 Å². The van der Waals surface area contributed by atoms with Crippen LogP contribution in [0, 0.1) is 11.6 Å². The van der Waals surface area contributed by atoms with E-state index in [0.29, 0.717) is 26.2 Å². The van der Waals surface area contributed by atoms with Crippen molar-refractivity contribution < 1.29 is 28.2 Å². The van der Waals surface area contributed by atoms with Crippen molar-refractivity contribution >= 4 is 11.9 Å². The van der Waals surface area contributed by atoms with E-state index in [4.69, 9.17) is 9.84 Å². The molecule has 1 fully saturated rings. The molecule has 23 heavy (non-hydrogen) atoms. The summed E-state index contributed by atoms with van der Waals surface area (Å²) in [6.07, 6.45) is -0.961. The zero-order valence-electron chi connectivity index (χ0n) is 12.7. The van der Waals surface area contributed by atoms with E-state index in [0.717, 1.165) is 6.07 Å². The summed E-state index contributed by atoms with van der Waals surface area (Å²) < 4.78 is 31.9. The van der Waals surface area contributed by atoms with Crippen molar-refractivity contribution in [2.24, 2.45) is 0 Å². The zero-order chi connectivity index (χ0) is 17.0. The van der Waals surface area contributed by atoms with Gasteiger partial charge in [0, 0.05) is 26.2 Å². The maximum Gasteiger partial charge on any atom is 0.317 e. The smallest absolute Gasteiger partial charge is 0.317 e. The lowest BCUT2D eigenvalue weighted by molar-refractivity contribution is -0.141. The number of amides is 1. The summed E-state index contributed by atoms with van der Waals surface area (Å²) >= 11 is 0. The van der Waals surface area contributed by atoms with Crippen LogP contribution in [0.2, 0.25) is 0 Å². The van der Waals surface area contributed by atoms with Crippen LogP contribution in [0.4, 0.5) is 8.78 Å². The van der Waals surface area contributed by atoms with Gasteiger partial charge in [0.2, 0.25) is 5.82 Å². The Balaban J connectivity index is 1.91. The molecule has 1 N–H and O–H groups in total. The first-order chi connectivity index (χ1) is 10.9. The van der Waals surface area contributed by atoms with E-state index >= 15 is 0 Å². The Hall–Kier alpha value is -2.22. The fourth-order valence-corrected chi connectivity index (χ4v) is 2.39. The number of carboxylic acid groups (broad SMARTS) is 1. The van der Waals surface area contributed by atoms with Crippen molar-refractivity contribution in [3.05, 3.63) is 29.8 Å². The molecular weight excluding hydrogens is 310 g/mol. The summed E-state index contributed by atoms with van der Waals surface area (Å²) in [6.45, 7) is 3.02. The van der Waals surface area contributed by atoms with Crippen molar-refractivity contribution in [1.82, 2.24) is 9.80 Å². The number of hydrogen-bond acceptors (Lipinski definition) is 4. The lowest BCUT2D eigenvalue weighted by Crippen LogP contribution is -2.52. The van der Waals surface area contributed by atoms with Crippen LogP contribution in [-0.4, -0.2) is 65.6 Å². The number of carbonyl (C=O) groups excluding carboxylic acids is 1. The molecule has 0 aliphatic carbocycles. The molecule has 2 rings (SSSR count). The second kappa shape index (κ2) is 7.36. The highest BCUT2D eigenvalue weighted by atomic mass is 19.2. The van der Waals surface area contributed by atoms with Crippen LogP contribution >= 0.6 is 0 Å². The maximum absolute atomic E-state index is 13.6. The van der Waals surface area contributed by atoms with E-state index in [9.17, 15) is 18.4 Å². The summed E-state index contributed by atoms with van der Waals surface area (Å²) in [6, 6.07) is 3.53. The minimum absolute atomic E-state index is 0.0669. The van der Waals surface area contributed by atoms with Gasteiger partial charge in [0.05, 0.1) is 6.54 Å². The third-order valence-corrected chi connectivity index (χ3v) is 3.61. The summed E-state index contributed by atoms with van der Waals surface area (Å²) in [5, 5.41) is 8.73. The molecule has 0 unspecified atom stereocenters. The standard InChI is InChI=1S/C15H18F2N2O4/c1-10(23-12-4-2-3-11(16)14(12)17)15(22)19-7-5-18(6-8-19)9-13(20)21/h2-4,10H,5-9H2,1H3,(H,20,21)/t10-/m1/s1. The van der Waals surface area contributed by atoms with Gasteiger partial charge in [-0.05, 0) is 19.1 Å². The van der Waals surface area contributed by atoms with Crippen LogP contribution in [-0.2, 0) is 9.59 Å². The molecule has 6 nitrogen and oxygen atoms in total. The topological polar surface area (TPSA) is 70.1 Å². The molecule has 1 atom stereocenters. The second-order valence-corrected chi connectivity index (χ2v) is 5.31. The van der Waals surface area contributed by atoms with Crippen molar-refractivity contribution in [2.75, 3.05) is 32.7 Å². The lowest BCUT2D eigenvalue weighted by Gasteiger charge is -2.35. The SMILES string of the molecule is C[C@@H](Oc1cccc(F)c1F)C(=O)N1CCN(CC(=O)O)CC1. The van der Waals surface area contributed by atoms with Gasteiger partial charge in [0.1, 0.15) is 0 Å². The van der Waals surface area contributed by atoms with Crippen LogP contribution in [0.15, 0.2) is 18.2 Å². The Labute approximate surface area is 132 Å². The van der Waals surface area contributed by atoms with Gasteiger partial charge in [0.25, 0.3) is 5.91 Å². The summed E-state index contributed by atoms with van der Waals surface area (Å²) in [5.41, 5.74) is 0. The van der Waals surface area contributed by atoms with Crippen molar-refractivity contribution in [3.8, 4) is 5.75 Å². The van der Waals surface area contributed by atoms with Crippen molar-refractivity contribution in [2.45, 2.75) is 13.0 Å².